The van der Waals surface area contributed by atoms with Crippen molar-refractivity contribution in [3.05, 3.63) is 23.2 Å². The second-order valence-electron chi connectivity index (χ2n) is 2.36. The van der Waals surface area contributed by atoms with Crippen molar-refractivity contribution in [3.8, 4) is 5.19 Å². The van der Waals surface area contributed by atoms with E-state index in [9.17, 15) is 4.79 Å². The molecule has 0 saturated heterocycles. The predicted molar refractivity (Wildman–Crippen MR) is 48.5 cm³/mol. The molecule has 0 saturated carbocycles. The van der Waals surface area contributed by atoms with Crippen LogP contribution in [0.3, 0.4) is 0 Å². The van der Waals surface area contributed by atoms with Crippen LogP contribution in [0.1, 0.15) is 15.5 Å². The molecule has 72 valence electrons. The normalized spacial score (nSPS) is 10.1. The van der Waals surface area contributed by atoms with Gasteiger partial charge in [0.05, 0.1) is 13.3 Å². The Bertz CT molecular complexity index is 436. The van der Waals surface area contributed by atoms with E-state index in [1.54, 1.807) is 0 Å². The number of H-pyrrole nitrogens is 1. The Kier molecular flexibility index (Phi) is 2.23. The first-order valence-electron chi connectivity index (χ1n) is 3.71. The van der Waals surface area contributed by atoms with Crippen LogP contribution in [-0.2, 0) is 0 Å². The van der Waals surface area contributed by atoms with E-state index in [4.69, 9.17) is 4.74 Å². The minimum atomic E-state index is -0.233. The summed E-state index contributed by atoms with van der Waals surface area (Å²) in [4.78, 5) is 19.7. The zero-order valence-electron chi connectivity index (χ0n) is 7.22. The van der Waals surface area contributed by atoms with E-state index in [-0.39, 0.29) is 11.6 Å². The zero-order valence-corrected chi connectivity index (χ0v) is 8.04. The molecule has 7 heteroatoms. The summed E-state index contributed by atoms with van der Waals surface area (Å²) in [7, 11) is 1.50. The van der Waals surface area contributed by atoms with Gasteiger partial charge in [0.2, 0.25) is 5.78 Å². The van der Waals surface area contributed by atoms with Gasteiger partial charge in [-0.1, -0.05) is 11.3 Å². The SMILES string of the molecule is COc1ncc(C(=O)c2ncn[nH]2)s1. The highest BCUT2D eigenvalue weighted by Crippen LogP contribution is 2.21. The first-order chi connectivity index (χ1) is 6.81. The summed E-state index contributed by atoms with van der Waals surface area (Å²) in [6.45, 7) is 0. The molecule has 0 aliphatic heterocycles. The lowest BCUT2D eigenvalue weighted by Gasteiger charge is -1.89. The highest BCUT2D eigenvalue weighted by atomic mass is 32.1. The van der Waals surface area contributed by atoms with Gasteiger partial charge in [0, 0.05) is 0 Å². The molecule has 0 amide bonds. The molecule has 0 fully saturated rings. The van der Waals surface area contributed by atoms with Crippen molar-refractivity contribution in [1.29, 1.82) is 0 Å². The van der Waals surface area contributed by atoms with Crippen molar-refractivity contribution >= 4 is 17.1 Å². The molecule has 6 nitrogen and oxygen atoms in total. The molecule has 2 rings (SSSR count). The number of aromatic amines is 1. The zero-order chi connectivity index (χ0) is 9.97. The number of hydrogen-bond donors (Lipinski definition) is 1. The first kappa shape index (κ1) is 8.82. The molecule has 0 aliphatic carbocycles. The molecule has 0 aliphatic rings. The third-order valence-corrected chi connectivity index (χ3v) is 2.47. The highest BCUT2D eigenvalue weighted by molar-refractivity contribution is 7.15. The lowest BCUT2D eigenvalue weighted by atomic mass is 10.3. The highest BCUT2D eigenvalue weighted by Gasteiger charge is 2.15. The Hall–Kier alpha value is -1.76. The smallest absolute Gasteiger partial charge is 0.273 e. The molecule has 1 N–H and O–H groups in total. The van der Waals surface area contributed by atoms with Crippen LogP contribution in [0.25, 0.3) is 0 Å². The number of carbonyl (C=O) groups excluding carboxylic acids is 1. The number of ketones is 1. The van der Waals surface area contributed by atoms with Gasteiger partial charge in [-0.05, 0) is 0 Å². The van der Waals surface area contributed by atoms with Gasteiger partial charge in [-0.3, -0.25) is 9.89 Å². The number of hydrogen-bond acceptors (Lipinski definition) is 6. The van der Waals surface area contributed by atoms with Gasteiger partial charge in [0.15, 0.2) is 5.82 Å². The summed E-state index contributed by atoms with van der Waals surface area (Å²) in [5, 5.41) is 6.53. The van der Waals surface area contributed by atoms with Crippen LogP contribution in [0.4, 0.5) is 0 Å². The van der Waals surface area contributed by atoms with Crippen molar-refractivity contribution in [3.63, 3.8) is 0 Å². The van der Waals surface area contributed by atoms with Gasteiger partial charge in [-0.25, -0.2) is 9.97 Å². The number of nitrogens with one attached hydrogen (secondary N) is 1. The maximum Gasteiger partial charge on any atom is 0.273 e. The van der Waals surface area contributed by atoms with Crippen LogP contribution < -0.4 is 4.74 Å². The second-order valence-corrected chi connectivity index (χ2v) is 3.35. The van der Waals surface area contributed by atoms with E-state index in [1.165, 1.54) is 31.0 Å². The predicted octanol–water partition coefficient (Wildman–Crippen LogP) is 0.501. The first-order valence-corrected chi connectivity index (χ1v) is 4.53. The lowest BCUT2D eigenvalue weighted by molar-refractivity contribution is 0.103. The Morgan fingerprint density at radius 2 is 2.43 bits per heavy atom. The molecular weight excluding hydrogens is 204 g/mol. The van der Waals surface area contributed by atoms with E-state index in [0.29, 0.717) is 10.1 Å². The fourth-order valence-electron chi connectivity index (χ4n) is 0.889. The van der Waals surface area contributed by atoms with Crippen LogP contribution in [0.2, 0.25) is 0 Å². The van der Waals surface area contributed by atoms with Gasteiger partial charge >= 0.3 is 0 Å². The molecule has 2 aromatic heterocycles. The van der Waals surface area contributed by atoms with E-state index >= 15 is 0 Å². The van der Waals surface area contributed by atoms with Crippen molar-refractivity contribution in [1.82, 2.24) is 20.2 Å². The van der Waals surface area contributed by atoms with Crippen molar-refractivity contribution in [2.45, 2.75) is 0 Å². The van der Waals surface area contributed by atoms with Crippen molar-refractivity contribution in [2.24, 2.45) is 0 Å². The molecule has 0 unspecified atom stereocenters. The molecular formula is C7H6N4O2S. The molecule has 14 heavy (non-hydrogen) atoms. The average molecular weight is 210 g/mol. The summed E-state index contributed by atoms with van der Waals surface area (Å²) in [6.07, 6.45) is 2.74. The lowest BCUT2D eigenvalue weighted by Crippen LogP contribution is -2.00. The van der Waals surface area contributed by atoms with Gasteiger partial charge in [0.25, 0.3) is 5.19 Å². The summed E-state index contributed by atoms with van der Waals surface area (Å²) in [5.41, 5.74) is 0. The minimum absolute atomic E-state index is 0.205. The number of carbonyl (C=O) groups is 1. The van der Waals surface area contributed by atoms with Crippen LogP contribution in [-0.4, -0.2) is 33.1 Å². The summed E-state index contributed by atoms with van der Waals surface area (Å²) in [5.74, 6) is -0.0281. The Labute approximate surface area is 83.0 Å². The monoisotopic (exact) mass is 210 g/mol. The topological polar surface area (TPSA) is 80.8 Å². The minimum Gasteiger partial charge on any atom is -0.473 e. The van der Waals surface area contributed by atoms with Crippen LogP contribution in [0.15, 0.2) is 12.5 Å². The summed E-state index contributed by atoms with van der Waals surface area (Å²) in [6, 6.07) is 0. The third-order valence-electron chi connectivity index (χ3n) is 1.51. The number of ether oxygens (including phenoxy) is 1. The summed E-state index contributed by atoms with van der Waals surface area (Å²) < 4.78 is 4.87. The standard InChI is InChI=1S/C7H6N4O2S/c1-13-7-8-2-4(14-7)5(12)6-9-3-10-11-6/h2-3H,1H3,(H,9,10,11). The number of methoxy groups -OCH3 is 1. The Morgan fingerprint density at radius 1 is 1.57 bits per heavy atom. The number of rotatable bonds is 3. The van der Waals surface area contributed by atoms with E-state index in [2.05, 4.69) is 20.2 Å². The molecule has 0 radical (unpaired) electrons. The molecule has 0 bridgehead atoms. The van der Waals surface area contributed by atoms with Gasteiger partial charge in [0.1, 0.15) is 11.2 Å². The second kappa shape index (κ2) is 3.54. The number of nitrogens with zero attached hydrogens (tertiary/aromatic N) is 3. The summed E-state index contributed by atoms with van der Waals surface area (Å²) >= 11 is 1.17. The number of aromatic nitrogens is 4. The van der Waals surface area contributed by atoms with Crippen LogP contribution in [0.5, 0.6) is 5.19 Å². The molecule has 0 aromatic carbocycles. The van der Waals surface area contributed by atoms with E-state index < -0.39 is 0 Å². The average Bonchev–Trinajstić information content (AvgIpc) is 2.88. The van der Waals surface area contributed by atoms with Crippen LogP contribution in [0, 0.1) is 0 Å². The largest absolute Gasteiger partial charge is 0.473 e. The molecule has 0 spiro atoms. The van der Waals surface area contributed by atoms with E-state index in [0.717, 1.165) is 0 Å². The van der Waals surface area contributed by atoms with Crippen molar-refractivity contribution in [2.75, 3.05) is 7.11 Å². The number of thiazole rings is 1. The Balaban J connectivity index is 2.28. The quantitative estimate of drug-likeness (QED) is 0.746. The van der Waals surface area contributed by atoms with E-state index in [1.807, 2.05) is 0 Å². The molecule has 2 heterocycles. The Morgan fingerprint density at radius 3 is 3.00 bits per heavy atom. The molecule has 0 atom stereocenters. The fraction of sp³-hybridized carbons (Fsp3) is 0.143. The maximum absolute atomic E-state index is 11.6. The molecule has 2 aromatic rings. The van der Waals surface area contributed by atoms with Gasteiger partial charge < -0.3 is 4.74 Å². The van der Waals surface area contributed by atoms with Crippen LogP contribution >= 0.6 is 11.3 Å². The van der Waals surface area contributed by atoms with Crippen molar-refractivity contribution < 1.29 is 9.53 Å². The van der Waals surface area contributed by atoms with Gasteiger partial charge in [-0.2, -0.15) is 5.10 Å². The van der Waals surface area contributed by atoms with Gasteiger partial charge in [-0.15, -0.1) is 0 Å². The fourth-order valence-corrected chi connectivity index (χ4v) is 1.56. The third kappa shape index (κ3) is 1.49. The maximum atomic E-state index is 11.6.